The molecule has 1 aromatic carbocycles. The van der Waals surface area contributed by atoms with Gasteiger partial charge in [0.1, 0.15) is 11.4 Å². The standard InChI is InChI=1S/C22H25N3O2/c1-15-10-11-16(2)19(13-15)25-20(14-18(24-25)21-9-6-12-27-21)22(26)23-17-7-4-3-5-8-17/h6,9-14,17H,3-5,7-8H2,1-2H3,(H,23,26). The van der Waals surface area contributed by atoms with Crippen molar-refractivity contribution in [2.45, 2.75) is 52.0 Å². The summed E-state index contributed by atoms with van der Waals surface area (Å²) in [6.07, 6.45) is 7.34. The van der Waals surface area contributed by atoms with E-state index in [9.17, 15) is 4.79 Å². The van der Waals surface area contributed by atoms with Gasteiger partial charge in [0, 0.05) is 12.1 Å². The second kappa shape index (κ2) is 7.43. The third-order valence-electron chi connectivity index (χ3n) is 5.25. The number of carbonyl (C=O) groups excluding carboxylic acids is 1. The number of hydrogen-bond acceptors (Lipinski definition) is 3. The molecule has 1 N–H and O–H groups in total. The van der Waals surface area contributed by atoms with E-state index in [1.165, 1.54) is 19.3 Å². The summed E-state index contributed by atoms with van der Waals surface area (Å²) < 4.78 is 7.25. The molecule has 140 valence electrons. The van der Waals surface area contributed by atoms with Gasteiger partial charge in [-0.05, 0) is 56.0 Å². The first-order valence-corrected chi connectivity index (χ1v) is 9.64. The lowest BCUT2D eigenvalue weighted by molar-refractivity contribution is 0.0920. The molecule has 1 aliphatic carbocycles. The van der Waals surface area contributed by atoms with Crippen LogP contribution in [-0.4, -0.2) is 21.7 Å². The van der Waals surface area contributed by atoms with E-state index >= 15 is 0 Å². The lowest BCUT2D eigenvalue weighted by atomic mass is 9.95. The highest BCUT2D eigenvalue weighted by Crippen LogP contribution is 2.25. The second-order valence-corrected chi connectivity index (χ2v) is 7.40. The van der Waals surface area contributed by atoms with Crippen LogP contribution in [0.5, 0.6) is 0 Å². The van der Waals surface area contributed by atoms with Crippen molar-refractivity contribution < 1.29 is 9.21 Å². The Morgan fingerprint density at radius 1 is 1.15 bits per heavy atom. The number of carbonyl (C=O) groups is 1. The maximum Gasteiger partial charge on any atom is 0.270 e. The van der Waals surface area contributed by atoms with Gasteiger partial charge in [0.2, 0.25) is 0 Å². The van der Waals surface area contributed by atoms with Gasteiger partial charge in [0.05, 0.1) is 12.0 Å². The van der Waals surface area contributed by atoms with Crippen molar-refractivity contribution in [2.75, 3.05) is 0 Å². The van der Waals surface area contributed by atoms with E-state index in [1.807, 2.05) is 32.0 Å². The average Bonchev–Trinajstić information content (AvgIpc) is 3.34. The summed E-state index contributed by atoms with van der Waals surface area (Å²) in [6, 6.07) is 11.9. The van der Waals surface area contributed by atoms with Crippen LogP contribution < -0.4 is 5.32 Å². The highest BCUT2D eigenvalue weighted by atomic mass is 16.3. The predicted octanol–water partition coefficient (Wildman–Crippen LogP) is 4.81. The third-order valence-corrected chi connectivity index (χ3v) is 5.25. The Bertz CT molecular complexity index is 935. The molecule has 1 amide bonds. The number of aromatic nitrogens is 2. The van der Waals surface area contributed by atoms with Crippen LogP contribution in [0.1, 0.15) is 53.7 Å². The highest BCUT2D eigenvalue weighted by Gasteiger charge is 2.23. The minimum Gasteiger partial charge on any atom is -0.463 e. The lowest BCUT2D eigenvalue weighted by Gasteiger charge is -2.23. The summed E-state index contributed by atoms with van der Waals surface area (Å²) in [5.41, 5.74) is 4.32. The van der Waals surface area contributed by atoms with Crippen LogP contribution in [0, 0.1) is 13.8 Å². The number of nitrogens with zero attached hydrogens (tertiary/aromatic N) is 2. The van der Waals surface area contributed by atoms with Gasteiger partial charge < -0.3 is 9.73 Å². The molecule has 2 aromatic heterocycles. The molecule has 0 unspecified atom stereocenters. The summed E-state index contributed by atoms with van der Waals surface area (Å²) >= 11 is 0. The molecule has 4 rings (SSSR count). The van der Waals surface area contributed by atoms with Gasteiger partial charge in [-0.15, -0.1) is 0 Å². The van der Waals surface area contributed by atoms with Crippen molar-refractivity contribution in [1.29, 1.82) is 0 Å². The van der Waals surface area contributed by atoms with Crippen LogP contribution in [-0.2, 0) is 0 Å². The number of amides is 1. The average molecular weight is 363 g/mol. The molecule has 0 atom stereocenters. The normalized spacial score (nSPS) is 15.0. The van der Waals surface area contributed by atoms with Crippen LogP contribution in [0.4, 0.5) is 0 Å². The monoisotopic (exact) mass is 363 g/mol. The van der Waals surface area contributed by atoms with Crippen LogP contribution in [0.3, 0.4) is 0 Å². The molecule has 0 bridgehead atoms. The van der Waals surface area contributed by atoms with E-state index in [0.717, 1.165) is 29.7 Å². The molecule has 5 heteroatoms. The molecule has 0 aliphatic heterocycles. The molecular weight excluding hydrogens is 338 g/mol. The Labute approximate surface area is 159 Å². The van der Waals surface area contributed by atoms with Crippen molar-refractivity contribution >= 4 is 5.91 Å². The van der Waals surface area contributed by atoms with Gasteiger partial charge in [-0.3, -0.25) is 4.79 Å². The SMILES string of the molecule is Cc1ccc(C)c(-n2nc(-c3ccco3)cc2C(=O)NC2CCCCC2)c1. The first-order chi connectivity index (χ1) is 13.1. The van der Waals surface area contributed by atoms with Crippen molar-refractivity contribution in [3.63, 3.8) is 0 Å². The van der Waals surface area contributed by atoms with Crippen molar-refractivity contribution in [2.24, 2.45) is 0 Å². The summed E-state index contributed by atoms with van der Waals surface area (Å²) in [5, 5.41) is 7.91. The minimum absolute atomic E-state index is 0.0758. The topological polar surface area (TPSA) is 60.1 Å². The quantitative estimate of drug-likeness (QED) is 0.723. The van der Waals surface area contributed by atoms with Gasteiger partial charge in [0.25, 0.3) is 5.91 Å². The molecule has 3 aromatic rings. The molecule has 5 nitrogen and oxygen atoms in total. The Morgan fingerprint density at radius 3 is 2.70 bits per heavy atom. The van der Waals surface area contributed by atoms with E-state index in [-0.39, 0.29) is 11.9 Å². The summed E-state index contributed by atoms with van der Waals surface area (Å²) in [5.74, 6) is 0.582. The fourth-order valence-electron chi connectivity index (χ4n) is 3.73. The maximum atomic E-state index is 13.1. The van der Waals surface area contributed by atoms with Crippen molar-refractivity contribution in [3.05, 3.63) is 59.5 Å². The zero-order valence-electron chi connectivity index (χ0n) is 15.9. The summed E-state index contributed by atoms with van der Waals surface area (Å²) in [6.45, 7) is 4.08. The molecule has 1 fully saturated rings. The van der Waals surface area contributed by atoms with Crippen molar-refractivity contribution in [3.8, 4) is 17.1 Å². The fraction of sp³-hybridized carbons (Fsp3) is 0.364. The summed E-state index contributed by atoms with van der Waals surface area (Å²) in [7, 11) is 0. The Morgan fingerprint density at radius 2 is 1.96 bits per heavy atom. The third kappa shape index (κ3) is 3.68. The largest absolute Gasteiger partial charge is 0.463 e. The predicted molar refractivity (Wildman–Crippen MR) is 105 cm³/mol. The number of aryl methyl sites for hydroxylation is 2. The molecule has 0 saturated heterocycles. The Kier molecular flexibility index (Phi) is 4.84. The molecule has 0 spiro atoms. The molecule has 2 heterocycles. The molecule has 1 aliphatic rings. The van der Waals surface area contributed by atoms with Crippen molar-refractivity contribution in [1.82, 2.24) is 15.1 Å². The number of furan rings is 1. The molecule has 1 saturated carbocycles. The highest BCUT2D eigenvalue weighted by molar-refractivity contribution is 5.94. The van der Waals surface area contributed by atoms with Gasteiger partial charge in [0.15, 0.2) is 5.76 Å². The number of hydrogen-bond donors (Lipinski definition) is 1. The van der Waals surface area contributed by atoms with E-state index in [1.54, 1.807) is 10.9 Å². The summed E-state index contributed by atoms with van der Waals surface area (Å²) in [4.78, 5) is 13.1. The van der Waals surface area contributed by atoms with E-state index < -0.39 is 0 Å². The second-order valence-electron chi connectivity index (χ2n) is 7.40. The van der Waals surface area contributed by atoms with Gasteiger partial charge in [-0.2, -0.15) is 5.10 Å². The zero-order chi connectivity index (χ0) is 18.8. The van der Waals surface area contributed by atoms with Gasteiger partial charge in [-0.25, -0.2) is 4.68 Å². The molecular formula is C22H25N3O2. The van der Waals surface area contributed by atoms with Gasteiger partial charge >= 0.3 is 0 Å². The van der Waals surface area contributed by atoms with Crippen LogP contribution in [0.15, 0.2) is 47.1 Å². The smallest absolute Gasteiger partial charge is 0.270 e. The molecule has 27 heavy (non-hydrogen) atoms. The molecule has 0 radical (unpaired) electrons. The Hall–Kier alpha value is -2.82. The van der Waals surface area contributed by atoms with Gasteiger partial charge in [-0.1, -0.05) is 31.4 Å². The van der Waals surface area contributed by atoms with Crippen LogP contribution in [0.2, 0.25) is 0 Å². The Balaban J connectivity index is 1.74. The number of rotatable bonds is 4. The first-order valence-electron chi connectivity index (χ1n) is 9.64. The van der Waals surface area contributed by atoms with Crippen LogP contribution >= 0.6 is 0 Å². The lowest BCUT2D eigenvalue weighted by Crippen LogP contribution is -2.37. The number of benzene rings is 1. The zero-order valence-corrected chi connectivity index (χ0v) is 15.9. The van der Waals surface area contributed by atoms with E-state index in [4.69, 9.17) is 9.52 Å². The minimum atomic E-state index is -0.0758. The first kappa shape index (κ1) is 17.6. The fourth-order valence-corrected chi connectivity index (χ4v) is 3.73. The number of nitrogens with one attached hydrogen (secondary N) is 1. The van der Waals surface area contributed by atoms with Crippen LogP contribution in [0.25, 0.3) is 17.1 Å². The maximum absolute atomic E-state index is 13.1. The van der Waals surface area contributed by atoms with E-state index in [0.29, 0.717) is 17.1 Å². The van der Waals surface area contributed by atoms with E-state index in [2.05, 4.69) is 23.5 Å².